The van der Waals surface area contributed by atoms with E-state index < -0.39 is 0 Å². The molecule has 1 fully saturated rings. The van der Waals surface area contributed by atoms with Crippen LogP contribution >= 0.6 is 11.8 Å². The normalized spacial score (nSPS) is 14.9. The predicted octanol–water partition coefficient (Wildman–Crippen LogP) is 3.07. The molecule has 2 aromatic heterocycles. The highest BCUT2D eigenvalue weighted by molar-refractivity contribution is 7.97. The first-order chi connectivity index (χ1) is 14.5. The fourth-order valence-corrected chi connectivity index (χ4v) is 4.30. The minimum absolute atomic E-state index is 0.0616. The zero-order chi connectivity index (χ0) is 21.1. The van der Waals surface area contributed by atoms with Crippen LogP contribution in [0.2, 0.25) is 0 Å². The van der Waals surface area contributed by atoms with Crippen molar-refractivity contribution in [1.29, 1.82) is 0 Å². The van der Waals surface area contributed by atoms with Crippen LogP contribution in [0.3, 0.4) is 0 Å². The van der Waals surface area contributed by atoms with Gasteiger partial charge in [-0.15, -0.1) is 0 Å². The number of aryl methyl sites for hydroxylation is 1. The van der Waals surface area contributed by atoms with Gasteiger partial charge in [-0.05, 0) is 38.2 Å². The Bertz CT molecular complexity index is 1050. The van der Waals surface area contributed by atoms with E-state index in [1.165, 1.54) is 0 Å². The maximum Gasteiger partial charge on any atom is 0.242 e. The number of thioether (sulfide) groups is 1. The molecule has 0 atom stereocenters. The molecule has 0 spiro atoms. The summed E-state index contributed by atoms with van der Waals surface area (Å²) in [6.07, 6.45) is 3.30. The molecule has 2 amide bonds. The van der Waals surface area contributed by atoms with Gasteiger partial charge in [0.2, 0.25) is 11.8 Å². The maximum atomic E-state index is 13.0. The summed E-state index contributed by atoms with van der Waals surface area (Å²) in [6, 6.07) is 9.59. The number of hydrogen-bond donors (Lipinski definition) is 1. The van der Waals surface area contributed by atoms with Gasteiger partial charge in [0.25, 0.3) is 0 Å². The molecule has 0 unspecified atom stereocenters. The van der Waals surface area contributed by atoms with Gasteiger partial charge >= 0.3 is 0 Å². The van der Waals surface area contributed by atoms with Crippen molar-refractivity contribution in [1.82, 2.24) is 19.6 Å². The summed E-state index contributed by atoms with van der Waals surface area (Å²) in [4.78, 5) is 32.0. The van der Waals surface area contributed by atoms with E-state index in [-0.39, 0.29) is 24.3 Å². The summed E-state index contributed by atoms with van der Waals surface area (Å²) in [5, 5.41) is 6.59. The van der Waals surface area contributed by atoms with E-state index in [1.807, 2.05) is 40.0 Å². The first-order valence-corrected chi connectivity index (χ1v) is 11.4. The molecule has 1 aliphatic rings. The van der Waals surface area contributed by atoms with E-state index in [0.29, 0.717) is 37.5 Å². The molecular formula is C21H25N5O3S. The van der Waals surface area contributed by atoms with E-state index in [4.69, 9.17) is 4.52 Å². The van der Waals surface area contributed by atoms with Crippen molar-refractivity contribution in [2.24, 2.45) is 5.92 Å². The number of likely N-dealkylation sites (tertiary alicyclic amines) is 1. The Labute approximate surface area is 179 Å². The number of amides is 2. The zero-order valence-electron chi connectivity index (χ0n) is 17.1. The Morgan fingerprint density at radius 2 is 2.03 bits per heavy atom. The molecule has 0 bridgehead atoms. The largest absolute Gasteiger partial charge is 0.360 e. The number of nitrogens with zero attached hydrogens (tertiary/aromatic N) is 4. The summed E-state index contributed by atoms with van der Waals surface area (Å²) in [6.45, 7) is 3.19. The number of imidazole rings is 1. The molecular weight excluding hydrogens is 402 g/mol. The highest BCUT2D eigenvalue weighted by Gasteiger charge is 2.28. The first-order valence-electron chi connectivity index (χ1n) is 10.00. The second kappa shape index (κ2) is 8.91. The highest BCUT2D eigenvalue weighted by Crippen LogP contribution is 2.22. The molecule has 1 saturated heterocycles. The van der Waals surface area contributed by atoms with Gasteiger partial charge < -0.3 is 19.3 Å². The number of nitrogens with one attached hydrogen (secondary N) is 1. The molecule has 158 valence electrons. The molecule has 0 saturated carbocycles. The number of piperidine rings is 1. The van der Waals surface area contributed by atoms with Crippen LogP contribution < -0.4 is 5.32 Å². The molecule has 4 rings (SSSR count). The fourth-order valence-electron chi connectivity index (χ4n) is 3.82. The van der Waals surface area contributed by atoms with Crippen molar-refractivity contribution in [3.05, 3.63) is 41.9 Å². The van der Waals surface area contributed by atoms with Crippen molar-refractivity contribution in [3.8, 4) is 0 Å². The van der Waals surface area contributed by atoms with Gasteiger partial charge in [0.15, 0.2) is 5.82 Å². The number of aromatic nitrogens is 3. The number of hydrogen-bond acceptors (Lipinski definition) is 6. The highest BCUT2D eigenvalue weighted by atomic mass is 32.2. The van der Waals surface area contributed by atoms with Crippen LogP contribution in [0.5, 0.6) is 0 Å². The van der Waals surface area contributed by atoms with Crippen molar-refractivity contribution < 1.29 is 14.1 Å². The van der Waals surface area contributed by atoms with E-state index in [0.717, 1.165) is 22.6 Å². The topological polar surface area (TPSA) is 93.3 Å². The minimum Gasteiger partial charge on any atom is -0.360 e. The lowest BCUT2D eigenvalue weighted by molar-refractivity contribution is -0.135. The molecule has 9 heteroatoms. The number of benzene rings is 1. The molecule has 3 heterocycles. The van der Waals surface area contributed by atoms with Gasteiger partial charge in [-0.1, -0.05) is 17.3 Å². The van der Waals surface area contributed by atoms with Gasteiger partial charge in [0, 0.05) is 25.1 Å². The second-order valence-electron chi connectivity index (χ2n) is 7.50. The molecule has 1 aromatic carbocycles. The lowest BCUT2D eigenvalue weighted by Gasteiger charge is -2.31. The third-order valence-electron chi connectivity index (χ3n) is 5.40. The van der Waals surface area contributed by atoms with Crippen LogP contribution in [-0.2, 0) is 21.9 Å². The third-order valence-corrected chi connectivity index (χ3v) is 5.94. The van der Waals surface area contributed by atoms with Crippen LogP contribution in [-0.4, -0.2) is 50.8 Å². The minimum atomic E-state index is -0.132. The summed E-state index contributed by atoms with van der Waals surface area (Å²) >= 11 is 1.69. The van der Waals surface area contributed by atoms with Crippen LogP contribution in [0.15, 0.2) is 34.9 Å². The number of fused-ring (bicyclic) bond motifs is 1. The number of carbonyl (C=O) groups excluding carboxylic acids is 2. The third kappa shape index (κ3) is 4.35. The Morgan fingerprint density at radius 3 is 2.73 bits per heavy atom. The van der Waals surface area contributed by atoms with Crippen molar-refractivity contribution in [2.45, 2.75) is 32.1 Å². The lowest BCUT2D eigenvalue weighted by Crippen LogP contribution is -2.42. The van der Waals surface area contributed by atoms with Crippen molar-refractivity contribution in [2.75, 3.05) is 24.7 Å². The summed E-state index contributed by atoms with van der Waals surface area (Å²) in [5.74, 6) is 2.61. The zero-order valence-corrected chi connectivity index (χ0v) is 17.9. The monoisotopic (exact) mass is 427 g/mol. The van der Waals surface area contributed by atoms with E-state index in [9.17, 15) is 9.59 Å². The van der Waals surface area contributed by atoms with Crippen LogP contribution in [0.4, 0.5) is 5.82 Å². The van der Waals surface area contributed by atoms with Gasteiger partial charge in [-0.25, -0.2) is 4.98 Å². The lowest BCUT2D eigenvalue weighted by atomic mass is 9.96. The number of carbonyl (C=O) groups is 2. The standard InChI is InChI=1S/C21H25N5O3S/c1-14-11-18(24-29-14)23-21(28)15-7-9-25(10-8-15)20(27)12-26-17-6-4-3-5-16(17)22-19(26)13-30-2/h3-6,11,15H,7-10,12-13H2,1-2H3,(H,23,24,28). The Hall–Kier alpha value is -2.81. The molecule has 1 N–H and O–H groups in total. The first kappa shape index (κ1) is 20.5. The molecule has 0 aliphatic carbocycles. The van der Waals surface area contributed by atoms with Crippen LogP contribution in [0.1, 0.15) is 24.4 Å². The van der Waals surface area contributed by atoms with Crippen LogP contribution in [0, 0.1) is 12.8 Å². The average molecular weight is 428 g/mol. The second-order valence-corrected chi connectivity index (χ2v) is 8.37. The van der Waals surface area contributed by atoms with Gasteiger partial charge in [0.1, 0.15) is 18.1 Å². The average Bonchev–Trinajstić information content (AvgIpc) is 3.31. The molecule has 3 aromatic rings. The van der Waals surface area contributed by atoms with Crippen LogP contribution in [0.25, 0.3) is 11.0 Å². The summed E-state index contributed by atoms with van der Waals surface area (Å²) in [7, 11) is 0. The van der Waals surface area contributed by atoms with E-state index in [2.05, 4.69) is 15.5 Å². The molecule has 0 radical (unpaired) electrons. The SMILES string of the molecule is CSCc1nc2ccccc2n1CC(=O)N1CCC(C(=O)Nc2cc(C)on2)CC1. The smallest absolute Gasteiger partial charge is 0.242 e. The fraction of sp³-hybridized carbons (Fsp3) is 0.429. The number of rotatable bonds is 6. The number of para-hydroxylation sites is 2. The molecule has 30 heavy (non-hydrogen) atoms. The Kier molecular flexibility index (Phi) is 6.08. The predicted molar refractivity (Wildman–Crippen MR) is 116 cm³/mol. The van der Waals surface area contributed by atoms with E-state index in [1.54, 1.807) is 24.8 Å². The van der Waals surface area contributed by atoms with Gasteiger partial charge in [-0.3, -0.25) is 9.59 Å². The number of anilines is 1. The van der Waals surface area contributed by atoms with Crippen molar-refractivity contribution in [3.63, 3.8) is 0 Å². The van der Waals surface area contributed by atoms with Crippen molar-refractivity contribution >= 4 is 40.4 Å². The quantitative estimate of drug-likeness (QED) is 0.650. The molecule has 1 aliphatic heterocycles. The summed E-state index contributed by atoms with van der Waals surface area (Å²) < 4.78 is 7.00. The van der Waals surface area contributed by atoms with Gasteiger partial charge in [-0.2, -0.15) is 11.8 Å². The Balaban J connectivity index is 1.37. The summed E-state index contributed by atoms with van der Waals surface area (Å²) in [5.41, 5.74) is 1.89. The molecule has 8 nitrogen and oxygen atoms in total. The van der Waals surface area contributed by atoms with Gasteiger partial charge in [0.05, 0.1) is 16.8 Å². The Morgan fingerprint density at radius 1 is 1.27 bits per heavy atom. The maximum absolute atomic E-state index is 13.0. The van der Waals surface area contributed by atoms with E-state index >= 15 is 0 Å².